The molecule has 114 valence electrons. The summed E-state index contributed by atoms with van der Waals surface area (Å²) >= 11 is 3.29. The van der Waals surface area contributed by atoms with Crippen molar-refractivity contribution in [3.63, 3.8) is 0 Å². The fourth-order valence-corrected chi connectivity index (χ4v) is 2.66. The van der Waals surface area contributed by atoms with Gasteiger partial charge in [0, 0.05) is 4.47 Å². The van der Waals surface area contributed by atoms with E-state index in [9.17, 15) is 14.4 Å². The van der Waals surface area contributed by atoms with Gasteiger partial charge in [-0.3, -0.25) is 9.59 Å². The number of benzene rings is 1. The summed E-state index contributed by atoms with van der Waals surface area (Å²) in [6, 6.07) is 6.68. The first kappa shape index (κ1) is 14.7. The zero-order chi connectivity index (χ0) is 15.9. The zero-order valence-corrected chi connectivity index (χ0v) is 13.1. The van der Waals surface area contributed by atoms with Crippen LogP contribution in [0, 0.1) is 5.92 Å². The van der Waals surface area contributed by atoms with Crippen LogP contribution in [0.15, 0.2) is 33.9 Å². The van der Waals surface area contributed by atoms with Crippen LogP contribution in [0.25, 0.3) is 0 Å². The number of halogens is 1. The monoisotopic (exact) mass is 366 g/mol. The third-order valence-corrected chi connectivity index (χ3v) is 3.91. The second kappa shape index (κ2) is 5.53. The van der Waals surface area contributed by atoms with Crippen molar-refractivity contribution < 1.29 is 24.0 Å². The van der Waals surface area contributed by atoms with Gasteiger partial charge in [0.15, 0.2) is 5.71 Å². The number of esters is 1. The second-order valence-electron chi connectivity index (χ2n) is 4.69. The van der Waals surface area contributed by atoms with Crippen LogP contribution in [0.1, 0.15) is 6.92 Å². The topological polar surface area (TPSA) is 85.3 Å². The van der Waals surface area contributed by atoms with Crippen molar-refractivity contribution in [2.45, 2.75) is 13.0 Å². The minimum Gasteiger partial charge on any atom is -0.461 e. The fraction of sp³-hybridized carbons (Fsp3) is 0.286. The van der Waals surface area contributed by atoms with Crippen LogP contribution in [0.3, 0.4) is 0 Å². The summed E-state index contributed by atoms with van der Waals surface area (Å²) in [7, 11) is 0. The molecule has 2 atom stereocenters. The number of fused-ring (bicyclic) bond motifs is 1. The van der Waals surface area contributed by atoms with E-state index >= 15 is 0 Å². The van der Waals surface area contributed by atoms with E-state index in [1.54, 1.807) is 31.2 Å². The molecular formula is C14H11BrN2O5. The standard InChI is InChI=1S/C14H11BrN2O5/c1-2-21-14(20)10-9-11(22-16-10)13(19)17(12(9)18)8-5-3-7(15)4-6-8/h3-6,9,11H,2H2,1H3/t9-,11-/m1/s1. The summed E-state index contributed by atoms with van der Waals surface area (Å²) in [4.78, 5) is 42.7. The van der Waals surface area contributed by atoms with Gasteiger partial charge in [0.1, 0.15) is 5.92 Å². The van der Waals surface area contributed by atoms with Crippen LogP contribution in [0.5, 0.6) is 0 Å². The van der Waals surface area contributed by atoms with Gasteiger partial charge in [0.25, 0.3) is 5.91 Å². The van der Waals surface area contributed by atoms with Gasteiger partial charge in [0.2, 0.25) is 12.0 Å². The number of hydrogen-bond donors (Lipinski definition) is 0. The second-order valence-corrected chi connectivity index (χ2v) is 5.60. The molecule has 7 nitrogen and oxygen atoms in total. The number of hydrogen-bond acceptors (Lipinski definition) is 6. The quantitative estimate of drug-likeness (QED) is 0.593. The van der Waals surface area contributed by atoms with Gasteiger partial charge < -0.3 is 9.57 Å². The molecule has 0 saturated carbocycles. The Kier molecular flexibility index (Phi) is 3.69. The predicted molar refractivity (Wildman–Crippen MR) is 79.1 cm³/mol. The maximum absolute atomic E-state index is 12.5. The molecule has 2 heterocycles. The Morgan fingerprint density at radius 3 is 2.64 bits per heavy atom. The van der Waals surface area contributed by atoms with Gasteiger partial charge in [-0.25, -0.2) is 9.69 Å². The van der Waals surface area contributed by atoms with E-state index in [2.05, 4.69) is 21.1 Å². The molecule has 3 rings (SSSR count). The molecule has 0 aliphatic carbocycles. The molecule has 8 heteroatoms. The third kappa shape index (κ3) is 2.19. The van der Waals surface area contributed by atoms with Gasteiger partial charge in [-0.2, -0.15) is 0 Å². The molecule has 0 bridgehead atoms. The smallest absolute Gasteiger partial charge is 0.357 e. The molecule has 2 amide bonds. The molecule has 0 radical (unpaired) electrons. The fourth-order valence-electron chi connectivity index (χ4n) is 2.40. The van der Waals surface area contributed by atoms with E-state index in [1.807, 2.05) is 0 Å². The van der Waals surface area contributed by atoms with E-state index in [4.69, 9.17) is 9.57 Å². The number of carbonyl (C=O) groups is 3. The number of oxime groups is 1. The van der Waals surface area contributed by atoms with Crippen LogP contribution in [-0.2, 0) is 24.0 Å². The highest BCUT2D eigenvalue weighted by molar-refractivity contribution is 9.10. The first-order valence-electron chi connectivity index (χ1n) is 6.58. The van der Waals surface area contributed by atoms with E-state index in [0.29, 0.717) is 5.69 Å². The summed E-state index contributed by atoms with van der Waals surface area (Å²) in [6.45, 7) is 1.79. The van der Waals surface area contributed by atoms with Crippen molar-refractivity contribution >= 4 is 45.1 Å². The molecule has 1 aromatic rings. The number of rotatable bonds is 3. The van der Waals surface area contributed by atoms with Gasteiger partial charge in [-0.1, -0.05) is 21.1 Å². The molecule has 0 aromatic heterocycles. The van der Waals surface area contributed by atoms with E-state index < -0.39 is 29.8 Å². The minimum absolute atomic E-state index is 0.147. The number of anilines is 1. The van der Waals surface area contributed by atoms with E-state index in [0.717, 1.165) is 9.37 Å². The Morgan fingerprint density at radius 2 is 2.00 bits per heavy atom. The van der Waals surface area contributed by atoms with Crippen molar-refractivity contribution in [1.29, 1.82) is 0 Å². The molecule has 1 aromatic carbocycles. The molecule has 1 fully saturated rings. The first-order chi connectivity index (χ1) is 10.5. The highest BCUT2D eigenvalue weighted by Gasteiger charge is 2.58. The van der Waals surface area contributed by atoms with Crippen molar-refractivity contribution in [2.75, 3.05) is 11.5 Å². The average Bonchev–Trinajstić information content (AvgIpc) is 3.03. The molecule has 2 aliphatic heterocycles. The van der Waals surface area contributed by atoms with Crippen LogP contribution < -0.4 is 4.90 Å². The number of amides is 2. The van der Waals surface area contributed by atoms with E-state index in [-0.39, 0.29) is 12.3 Å². The summed E-state index contributed by atoms with van der Waals surface area (Å²) in [6.07, 6.45) is -1.10. The lowest BCUT2D eigenvalue weighted by atomic mass is 10.00. The highest BCUT2D eigenvalue weighted by Crippen LogP contribution is 2.33. The lowest BCUT2D eigenvalue weighted by Gasteiger charge is -2.15. The minimum atomic E-state index is -1.10. The summed E-state index contributed by atoms with van der Waals surface area (Å²) in [5.41, 5.74) is 0.254. The Bertz CT molecular complexity index is 685. The van der Waals surface area contributed by atoms with Gasteiger partial charge in [0.05, 0.1) is 12.3 Å². The summed E-state index contributed by atoms with van der Waals surface area (Å²) < 4.78 is 5.66. The van der Waals surface area contributed by atoms with Crippen molar-refractivity contribution in [1.82, 2.24) is 0 Å². The molecule has 2 aliphatic rings. The first-order valence-corrected chi connectivity index (χ1v) is 7.38. The Hall–Kier alpha value is -2.22. The van der Waals surface area contributed by atoms with Crippen molar-refractivity contribution in [3.8, 4) is 0 Å². The summed E-state index contributed by atoms with van der Waals surface area (Å²) in [5.74, 6) is -2.87. The van der Waals surface area contributed by atoms with Gasteiger partial charge in [-0.15, -0.1) is 0 Å². The van der Waals surface area contributed by atoms with Crippen molar-refractivity contribution in [3.05, 3.63) is 28.7 Å². The lowest BCUT2D eigenvalue weighted by molar-refractivity contribution is -0.136. The molecule has 0 spiro atoms. The number of carbonyl (C=O) groups excluding carboxylic acids is 3. The SMILES string of the molecule is CCOC(=O)C1=NO[C@H]2C(=O)N(c3ccc(Br)cc3)C(=O)[C@H]12. The lowest BCUT2D eigenvalue weighted by Crippen LogP contribution is -2.34. The van der Waals surface area contributed by atoms with Crippen LogP contribution >= 0.6 is 15.9 Å². The molecule has 1 saturated heterocycles. The number of nitrogens with zero attached hydrogens (tertiary/aromatic N) is 2. The molecule has 0 unspecified atom stereocenters. The Labute approximate surface area is 134 Å². The van der Waals surface area contributed by atoms with Gasteiger partial charge in [-0.05, 0) is 31.2 Å². The normalized spacial score (nSPS) is 23.2. The molecule has 0 N–H and O–H groups in total. The third-order valence-electron chi connectivity index (χ3n) is 3.38. The van der Waals surface area contributed by atoms with E-state index in [1.165, 1.54) is 0 Å². The maximum Gasteiger partial charge on any atom is 0.357 e. The summed E-state index contributed by atoms with van der Waals surface area (Å²) in [5, 5.41) is 3.55. The molecular weight excluding hydrogens is 356 g/mol. The maximum atomic E-state index is 12.5. The van der Waals surface area contributed by atoms with Crippen LogP contribution in [0.4, 0.5) is 5.69 Å². The van der Waals surface area contributed by atoms with Crippen LogP contribution in [0.2, 0.25) is 0 Å². The van der Waals surface area contributed by atoms with Crippen molar-refractivity contribution in [2.24, 2.45) is 11.1 Å². The Balaban J connectivity index is 1.91. The Morgan fingerprint density at radius 1 is 1.32 bits per heavy atom. The number of imide groups is 1. The van der Waals surface area contributed by atoms with Gasteiger partial charge >= 0.3 is 5.97 Å². The predicted octanol–water partition coefficient (Wildman–Crippen LogP) is 1.26. The highest BCUT2D eigenvalue weighted by atomic mass is 79.9. The molecule has 22 heavy (non-hydrogen) atoms. The zero-order valence-electron chi connectivity index (χ0n) is 11.5. The average molecular weight is 367 g/mol. The largest absolute Gasteiger partial charge is 0.461 e. The van der Waals surface area contributed by atoms with Crippen LogP contribution in [-0.4, -0.2) is 36.2 Å². The number of ether oxygens (including phenoxy) is 1.